The lowest BCUT2D eigenvalue weighted by molar-refractivity contribution is -0.745. The number of imidazole rings is 2. The number of aromatic nitrogens is 10. The molecule has 0 bridgehead atoms. The third-order valence-electron chi connectivity index (χ3n) is 10.7. The number of aromatic amines is 2. The summed E-state index contributed by atoms with van der Waals surface area (Å²) in [5.74, 6) is -0.503. The molecule has 0 aliphatic carbocycles. The van der Waals surface area contributed by atoms with Crippen molar-refractivity contribution in [3.63, 3.8) is 0 Å². The first-order chi connectivity index (χ1) is 33.1. The van der Waals surface area contributed by atoms with E-state index in [-0.39, 0.29) is 34.1 Å². The van der Waals surface area contributed by atoms with Crippen molar-refractivity contribution in [2.45, 2.75) is 73.7 Å². The van der Waals surface area contributed by atoms with Gasteiger partial charge < -0.3 is 65.7 Å². The van der Waals surface area contributed by atoms with Gasteiger partial charge >= 0.3 is 42.6 Å². The maximum absolute atomic E-state index is 16.4. The molecule has 14 N–H and O–H groups in total. The lowest BCUT2D eigenvalue weighted by Gasteiger charge is -2.24. The van der Waals surface area contributed by atoms with Gasteiger partial charge in [0.15, 0.2) is 36.4 Å². The number of aliphatic hydroxyl groups excluding tert-OH is 4. The summed E-state index contributed by atoms with van der Waals surface area (Å²) in [6.45, 7) is -3.72. The molecule has 3 aliphatic rings. The Bertz CT molecular complexity index is 3210. The van der Waals surface area contributed by atoms with Crippen LogP contribution < -0.4 is 32.8 Å². The zero-order valence-electron chi connectivity index (χ0n) is 35.4. The van der Waals surface area contributed by atoms with E-state index in [0.29, 0.717) is 4.57 Å². The number of halogens is 1. The first kappa shape index (κ1) is 52.7. The van der Waals surface area contributed by atoms with Crippen molar-refractivity contribution in [2.24, 2.45) is 7.05 Å². The predicted octanol–water partition coefficient (Wildman–Crippen LogP) is -4.55. The van der Waals surface area contributed by atoms with Crippen LogP contribution in [0, 0.1) is 0 Å². The number of fused-ring (bicyclic) bond motifs is 2. The van der Waals surface area contributed by atoms with Crippen LogP contribution in [-0.2, 0) is 66.2 Å². The van der Waals surface area contributed by atoms with E-state index in [9.17, 15) is 72.6 Å². The highest BCUT2D eigenvalue weighted by atomic mass is 31.3. The van der Waals surface area contributed by atoms with E-state index in [4.69, 9.17) is 39.2 Å². The number of phosphoric ester groups is 3. The minimum absolute atomic E-state index is 0.0373. The molecule has 8 heterocycles. The maximum Gasteiger partial charge on any atom is 0.490 e. The average Bonchev–Trinajstić information content (AvgIpc) is 4.05. The molecule has 5 aromatic heterocycles. The number of H-pyrrole nitrogens is 2. The van der Waals surface area contributed by atoms with Gasteiger partial charge in [0, 0.05) is 12.3 Å². The van der Waals surface area contributed by atoms with E-state index >= 15 is 4.39 Å². The van der Waals surface area contributed by atoms with Gasteiger partial charge in [0.2, 0.25) is 11.7 Å². The minimum Gasteiger partial charge on any atom is -0.387 e. The van der Waals surface area contributed by atoms with Gasteiger partial charge in [0.1, 0.15) is 60.7 Å². The molecule has 0 saturated carbocycles. The van der Waals surface area contributed by atoms with Gasteiger partial charge in [-0.2, -0.15) is 8.62 Å². The van der Waals surface area contributed by atoms with Crippen LogP contribution in [0.2, 0.25) is 0 Å². The number of aliphatic hydroxyl groups is 4. The highest BCUT2D eigenvalue weighted by Crippen LogP contribution is 2.68. The molecule has 71 heavy (non-hydrogen) atoms. The zero-order chi connectivity index (χ0) is 51.7. The Kier molecular flexibility index (Phi) is 14.6. The number of anilines is 2. The minimum atomic E-state index is -6.24. The van der Waals surface area contributed by atoms with Gasteiger partial charge in [-0.1, -0.05) is 4.98 Å². The zero-order valence-corrected chi connectivity index (χ0v) is 39.0. The van der Waals surface area contributed by atoms with Crippen LogP contribution in [0.5, 0.6) is 0 Å². The van der Waals surface area contributed by atoms with E-state index in [1.165, 1.54) is 17.9 Å². The molecule has 390 valence electrons. The summed E-state index contributed by atoms with van der Waals surface area (Å²) in [6, 6.07) is 0.893. The highest BCUT2D eigenvalue weighted by molar-refractivity contribution is 7.66. The molecule has 41 heteroatoms. The van der Waals surface area contributed by atoms with Gasteiger partial charge in [-0.25, -0.2) is 47.0 Å². The normalized spacial score (nSPS) is 31.4. The molecule has 4 unspecified atom stereocenters. The van der Waals surface area contributed by atoms with Crippen molar-refractivity contribution in [3.05, 3.63) is 62.4 Å². The summed E-state index contributed by atoms with van der Waals surface area (Å²) in [5, 5.41) is 42.4. The Morgan fingerprint density at radius 1 is 0.775 bits per heavy atom. The Balaban J connectivity index is 0.917. The molecule has 0 spiro atoms. The summed E-state index contributed by atoms with van der Waals surface area (Å²) in [7, 11) is -22.3. The number of ether oxygens (including phenoxy) is 3. The predicted molar refractivity (Wildman–Crippen MR) is 222 cm³/mol. The lowest BCUT2D eigenvalue weighted by Crippen LogP contribution is -2.46. The third-order valence-corrected chi connectivity index (χ3v) is 15.9. The van der Waals surface area contributed by atoms with E-state index < -0.39 is 142 Å². The largest absolute Gasteiger partial charge is 0.490 e. The van der Waals surface area contributed by atoms with Crippen molar-refractivity contribution >= 4 is 65.4 Å². The van der Waals surface area contributed by atoms with Crippen LogP contribution in [0.3, 0.4) is 0 Å². The molecule has 16 atom stereocenters. The van der Waals surface area contributed by atoms with Crippen LogP contribution in [0.15, 0.2) is 45.6 Å². The van der Waals surface area contributed by atoms with E-state index in [1.54, 1.807) is 0 Å². The lowest BCUT2D eigenvalue weighted by atomic mass is 10.1. The second-order valence-corrected chi connectivity index (χ2v) is 21.5. The molecule has 0 amide bonds. The van der Waals surface area contributed by atoms with Crippen molar-refractivity contribution in [1.29, 1.82) is 0 Å². The molecule has 3 saturated heterocycles. The van der Waals surface area contributed by atoms with E-state index in [2.05, 4.69) is 38.1 Å². The Morgan fingerprint density at radius 2 is 1.38 bits per heavy atom. The first-order valence-electron chi connectivity index (χ1n) is 19.8. The van der Waals surface area contributed by atoms with Crippen LogP contribution in [0.25, 0.3) is 22.3 Å². The molecule has 0 aromatic carbocycles. The monoisotopic (exact) mass is 1100 g/mol. The Morgan fingerprint density at radius 3 is 2.04 bits per heavy atom. The van der Waals surface area contributed by atoms with Gasteiger partial charge in [0.25, 0.3) is 17.1 Å². The second kappa shape index (κ2) is 19.7. The summed E-state index contributed by atoms with van der Waals surface area (Å²) in [4.78, 5) is 97.6. The first-order valence-corrected chi connectivity index (χ1v) is 25.8. The van der Waals surface area contributed by atoms with Crippen LogP contribution in [0.4, 0.5) is 16.2 Å². The highest BCUT2D eigenvalue weighted by Gasteiger charge is 2.54. The number of rotatable bonds is 18. The Hall–Kier alpha value is -4.65. The molecule has 3 aliphatic heterocycles. The number of hydrogen-bond donors (Lipinski definition) is 12. The average molecular weight is 1100 g/mol. The molecule has 0 radical (unpaired) electrons. The SMILES string of the molecule is Cn1c[n+]([C@@H]2O[C@H](COP(=O)(O)OP(=O)(O)OP(=O)(O)OC[C@H]3O[C@@H](n4cnc5c(N)ncnc54)[C@H](F)[C@@H]3OP(=O)(O)OC[C@H]3O[C@@H](n4ccc(=O)[nH]c4=O)[C@H](O)[C@@H]3O)[C@@H](O)[C@H]2O)c2nc(N)[nH]c(=O)c21. The number of alkyl halides is 1. The standard InChI is InChI=1S/C30H39FN12O24P4/c1-40-9-43(24-16(40)25(49)39-29(33)38-24)28-20(48)18(46)11(63-28)5-60-69(53,54)66-71(57,58)67-70(55,56)61-6-12-21(14(31)26(64-12)42-8-36-15-22(32)34-7-35-23(15)42)65-68(51,52)59-4-10-17(45)19(47)27(62-10)41-3-2-13(44)37-30(41)50/h2-3,7-12,14,17-21,26-28,45-48H,4-6H2,1H3,(H9-,32,33,34,35,37,38,39,44,49,50,51,52,53,54,55,56,57,58)/p+1/t10-,11-,12-,14-,17-,18-,19-,20-,21-,26-,27-,28-/m1/s1. The summed E-state index contributed by atoms with van der Waals surface area (Å²) in [5.41, 5.74) is 8.49. The topological polar surface area (TPSA) is 518 Å². The van der Waals surface area contributed by atoms with Crippen LogP contribution in [-0.4, -0.2) is 158 Å². The molecular formula is C30H40FN12O24P4+. The van der Waals surface area contributed by atoms with Gasteiger partial charge in [-0.05, 0) is 0 Å². The Labute approximate surface area is 391 Å². The molecule has 36 nitrogen and oxygen atoms in total. The van der Waals surface area contributed by atoms with Gasteiger partial charge in [0.05, 0.1) is 33.2 Å². The van der Waals surface area contributed by atoms with Gasteiger partial charge in [-0.3, -0.25) is 51.4 Å². The fourth-order valence-electron chi connectivity index (χ4n) is 7.52. The summed E-state index contributed by atoms with van der Waals surface area (Å²) < 4.78 is 116. The maximum atomic E-state index is 16.4. The van der Waals surface area contributed by atoms with Crippen LogP contribution >= 0.6 is 31.3 Å². The number of phosphoric acid groups is 4. The van der Waals surface area contributed by atoms with Crippen LogP contribution in [0.1, 0.15) is 18.7 Å². The van der Waals surface area contributed by atoms with Crippen molar-refractivity contribution in [1.82, 2.24) is 43.6 Å². The van der Waals surface area contributed by atoms with E-state index in [1.807, 2.05) is 4.98 Å². The molecule has 8 rings (SSSR count). The van der Waals surface area contributed by atoms with Crippen molar-refractivity contribution in [3.8, 4) is 0 Å². The fraction of sp³-hybridized carbons (Fsp3) is 0.533. The van der Waals surface area contributed by atoms with Crippen molar-refractivity contribution in [2.75, 3.05) is 31.3 Å². The second-order valence-electron chi connectivity index (χ2n) is 15.5. The molecule has 3 fully saturated rings. The quantitative estimate of drug-likeness (QED) is 0.0290. The summed E-state index contributed by atoms with van der Waals surface area (Å²) >= 11 is 0. The number of hydrogen-bond acceptors (Lipinski definition) is 26. The molecular weight excluding hydrogens is 1060 g/mol. The summed E-state index contributed by atoms with van der Waals surface area (Å²) in [6.07, 6.45) is -19.0. The fourth-order valence-corrected chi connectivity index (χ4v) is 12.0. The molecule has 5 aromatic rings. The van der Waals surface area contributed by atoms with Crippen molar-refractivity contribution < 1.29 is 108 Å². The number of nitrogens with zero attached hydrogens (tertiary/aromatic N) is 8. The number of nitrogens with two attached hydrogens (primary N) is 2. The number of nitrogen functional groups attached to an aromatic ring is 2. The third kappa shape index (κ3) is 11.0. The smallest absolute Gasteiger partial charge is 0.387 e. The number of nitrogens with one attached hydrogen (secondary N) is 2. The number of aryl methyl sites for hydroxylation is 1. The van der Waals surface area contributed by atoms with Gasteiger partial charge in [-0.15, -0.1) is 0 Å². The van der Waals surface area contributed by atoms with E-state index in [0.717, 1.165) is 34.1 Å².